The topological polar surface area (TPSA) is 37.8 Å². The fraction of sp³-hybridized carbons (Fsp3) is 0.200. The highest BCUT2D eigenvalue weighted by atomic mass is 32.1. The molecule has 0 aliphatic carbocycles. The van der Waals surface area contributed by atoms with E-state index >= 15 is 0 Å². The Balaban J connectivity index is 1.99. The van der Waals surface area contributed by atoms with Gasteiger partial charge in [-0.3, -0.25) is 0 Å². The average Bonchev–Trinajstić information content (AvgIpc) is 2.63. The molecule has 0 radical (unpaired) electrons. The predicted molar refractivity (Wildman–Crippen MR) is 58.4 cm³/mol. The average molecular weight is 205 g/mol. The van der Waals surface area contributed by atoms with Crippen LogP contribution in [0.3, 0.4) is 0 Å². The summed E-state index contributed by atoms with van der Waals surface area (Å²) in [5.74, 6) is 0.679. The number of nitrogens with zero attached hydrogens (tertiary/aromatic N) is 2. The third-order valence-corrected chi connectivity index (χ3v) is 2.87. The molecule has 0 unspecified atom stereocenters. The first-order valence-electron chi connectivity index (χ1n) is 4.39. The Bertz CT molecular complexity index is 397. The van der Waals surface area contributed by atoms with Crippen molar-refractivity contribution in [3.63, 3.8) is 0 Å². The van der Waals surface area contributed by atoms with Crippen molar-refractivity contribution in [2.45, 2.75) is 13.5 Å². The van der Waals surface area contributed by atoms with Crippen LogP contribution in [-0.2, 0) is 6.54 Å². The second-order valence-corrected chi connectivity index (χ2v) is 3.75. The van der Waals surface area contributed by atoms with Crippen molar-refractivity contribution < 1.29 is 0 Å². The molecule has 0 aliphatic rings. The van der Waals surface area contributed by atoms with E-state index in [0.717, 1.165) is 6.54 Å². The predicted octanol–water partition coefficient (Wildman–Crippen LogP) is 2.46. The summed E-state index contributed by atoms with van der Waals surface area (Å²) >= 11 is 1.72. The SMILES string of the molecule is Cc1cscc1CNc1ncccn1. The summed E-state index contributed by atoms with van der Waals surface area (Å²) < 4.78 is 0. The van der Waals surface area contributed by atoms with Crippen molar-refractivity contribution in [1.29, 1.82) is 0 Å². The van der Waals surface area contributed by atoms with Gasteiger partial charge in [-0.2, -0.15) is 11.3 Å². The summed E-state index contributed by atoms with van der Waals surface area (Å²) in [7, 11) is 0. The third kappa shape index (κ3) is 2.09. The Kier molecular flexibility index (Phi) is 2.74. The van der Waals surface area contributed by atoms with Gasteiger partial charge in [-0.25, -0.2) is 9.97 Å². The molecular weight excluding hydrogens is 194 g/mol. The Morgan fingerprint density at radius 1 is 1.29 bits per heavy atom. The Hall–Kier alpha value is -1.42. The van der Waals surface area contributed by atoms with Gasteiger partial charge in [0.15, 0.2) is 0 Å². The van der Waals surface area contributed by atoms with Gasteiger partial charge in [0, 0.05) is 18.9 Å². The molecule has 2 heterocycles. The summed E-state index contributed by atoms with van der Waals surface area (Å²) in [6.07, 6.45) is 3.46. The molecule has 0 aromatic carbocycles. The fourth-order valence-corrected chi connectivity index (χ4v) is 1.99. The summed E-state index contributed by atoms with van der Waals surface area (Å²) in [5.41, 5.74) is 2.63. The van der Waals surface area contributed by atoms with E-state index in [2.05, 4.69) is 33.0 Å². The number of rotatable bonds is 3. The maximum Gasteiger partial charge on any atom is 0.222 e. The van der Waals surface area contributed by atoms with Gasteiger partial charge in [-0.1, -0.05) is 0 Å². The Morgan fingerprint density at radius 3 is 2.71 bits per heavy atom. The van der Waals surface area contributed by atoms with Gasteiger partial charge < -0.3 is 5.32 Å². The largest absolute Gasteiger partial charge is 0.350 e. The molecule has 4 heteroatoms. The normalized spacial score (nSPS) is 10.1. The zero-order valence-electron chi connectivity index (χ0n) is 7.90. The molecule has 1 N–H and O–H groups in total. The highest BCUT2D eigenvalue weighted by Gasteiger charge is 1.99. The molecule has 0 saturated heterocycles. The maximum atomic E-state index is 4.09. The molecule has 72 valence electrons. The van der Waals surface area contributed by atoms with Crippen LogP contribution in [0.5, 0.6) is 0 Å². The van der Waals surface area contributed by atoms with E-state index in [1.165, 1.54) is 11.1 Å². The number of hydrogen-bond donors (Lipinski definition) is 1. The van der Waals surface area contributed by atoms with Crippen LogP contribution in [0.15, 0.2) is 29.2 Å². The third-order valence-electron chi connectivity index (χ3n) is 1.96. The maximum absolute atomic E-state index is 4.09. The molecule has 0 bridgehead atoms. The van der Waals surface area contributed by atoms with Crippen LogP contribution in [0.2, 0.25) is 0 Å². The zero-order valence-corrected chi connectivity index (χ0v) is 8.71. The first kappa shape index (κ1) is 9.15. The molecule has 3 nitrogen and oxygen atoms in total. The van der Waals surface area contributed by atoms with E-state index in [1.54, 1.807) is 29.8 Å². The van der Waals surface area contributed by atoms with Gasteiger partial charge in [0.25, 0.3) is 0 Å². The molecule has 0 atom stereocenters. The molecule has 0 amide bonds. The monoisotopic (exact) mass is 205 g/mol. The smallest absolute Gasteiger partial charge is 0.222 e. The van der Waals surface area contributed by atoms with Crippen molar-refractivity contribution in [2.75, 3.05) is 5.32 Å². The van der Waals surface area contributed by atoms with E-state index in [4.69, 9.17) is 0 Å². The Morgan fingerprint density at radius 2 is 2.07 bits per heavy atom. The highest BCUT2D eigenvalue weighted by molar-refractivity contribution is 7.08. The van der Waals surface area contributed by atoms with Crippen LogP contribution < -0.4 is 5.32 Å². The number of aryl methyl sites for hydroxylation is 1. The van der Waals surface area contributed by atoms with E-state index < -0.39 is 0 Å². The van der Waals surface area contributed by atoms with Crippen LogP contribution >= 0.6 is 11.3 Å². The van der Waals surface area contributed by atoms with Gasteiger partial charge in [0.2, 0.25) is 5.95 Å². The minimum Gasteiger partial charge on any atom is -0.350 e. The second-order valence-electron chi connectivity index (χ2n) is 3.01. The molecule has 2 aromatic rings. The highest BCUT2D eigenvalue weighted by Crippen LogP contribution is 2.14. The first-order valence-corrected chi connectivity index (χ1v) is 5.33. The molecular formula is C10H11N3S. The number of thiophene rings is 1. The van der Waals surface area contributed by atoms with Crippen molar-refractivity contribution in [1.82, 2.24) is 9.97 Å². The standard InChI is InChI=1S/C10H11N3S/c1-8-6-14-7-9(8)5-13-10-11-3-2-4-12-10/h2-4,6-7H,5H2,1H3,(H,11,12,13). The zero-order chi connectivity index (χ0) is 9.80. The summed E-state index contributed by atoms with van der Waals surface area (Å²) in [6.45, 7) is 2.90. The van der Waals surface area contributed by atoms with Crippen molar-refractivity contribution in [3.05, 3.63) is 40.3 Å². The molecule has 0 spiro atoms. The van der Waals surface area contributed by atoms with Crippen molar-refractivity contribution in [2.24, 2.45) is 0 Å². The van der Waals surface area contributed by atoms with E-state index in [9.17, 15) is 0 Å². The van der Waals surface area contributed by atoms with Crippen LogP contribution in [0.25, 0.3) is 0 Å². The quantitative estimate of drug-likeness (QED) is 0.836. The lowest BCUT2D eigenvalue weighted by atomic mass is 10.2. The second kappa shape index (κ2) is 4.19. The lowest BCUT2D eigenvalue weighted by molar-refractivity contribution is 1.05. The lowest BCUT2D eigenvalue weighted by Gasteiger charge is -2.02. The Labute approximate surface area is 86.8 Å². The number of hydrogen-bond acceptors (Lipinski definition) is 4. The van der Waals surface area contributed by atoms with Crippen LogP contribution in [0.4, 0.5) is 5.95 Å². The number of aromatic nitrogens is 2. The van der Waals surface area contributed by atoms with E-state index in [-0.39, 0.29) is 0 Å². The number of anilines is 1. The molecule has 2 aromatic heterocycles. The molecule has 0 saturated carbocycles. The first-order chi connectivity index (χ1) is 6.86. The minimum atomic E-state index is 0.679. The molecule has 14 heavy (non-hydrogen) atoms. The van der Waals surface area contributed by atoms with Crippen LogP contribution in [-0.4, -0.2) is 9.97 Å². The van der Waals surface area contributed by atoms with Crippen LogP contribution in [0.1, 0.15) is 11.1 Å². The van der Waals surface area contributed by atoms with Gasteiger partial charge >= 0.3 is 0 Å². The summed E-state index contributed by atoms with van der Waals surface area (Å²) in [4.78, 5) is 8.18. The fourth-order valence-electron chi connectivity index (χ4n) is 1.13. The van der Waals surface area contributed by atoms with Crippen LogP contribution in [0, 0.1) is 6.92 Å². The van der Waals surface area contributed by atoms with E-state index in [1.807, 2.05) is 0 Å². The van der Waals surface area contributed by atoms with Gasteiger partial charge in [0.1, 0.15) is 0 Å². The van der Waals surface area contributed by atoms with E-state index in [0.29, 0.717) is 5.95 Å². The summed E-state index contributed by atoms with van der Waals surface area (Å²) in [6, 6.07) is 1.81. The molecule has 2 rings (SSSR count). The van der Waals surface area contributed by atoms with Gasteiger partial charge in [-0.05, 0) is 34.9 Å². The van der Waals surface area contributed by atoms with Gasteiger partial charge in [0.05, 0.1) is 0 Å². The number of nitrogens with one attached hydrogen (secondary N) is 1. The van der Waals surface area contributed by atoms with Crippen molar-refractivity contribution in [3.8, 4) is 0 Å². The molecule has 0 fully saturated rings. The summed E-state index contributed by atoms with van der Waals surface area (Å²) in [5, 5.41) is 7.46. The molecule has 0 aliphatic heterocycles. The van der Waals surface area contributed by atoms with Gasteiger partial charge in [-0.15, -0.1) is 0 Å². The lowest BCUT2D eigenvalue weighted by Crippen LogP contribution is -2.02. The minimum absolute atomic E-state index is 0.679. The van der Waals surface area contributed by atoms with Crippen molar-refractivity contribution >= 4 is 17.3 Å².